The summed E-state index contributed by atoms with van der Waals surface area (Å²) in [6.07, 6.45) is 1.76. The minimum atomic E-state index is 0.137. The number of aromatic nitrogens is 1. The Kier molecular flexibility index (Phi) is 5.51. The van der Waals surface area contributed by atoms with Gasteiger partial charge in [0.25, 0.3) is 0 Å². The molecule has 0 spiro atoms. The zero-order chi connectivity index (χ0) is 13.5. The van der Waals surface area contributed by atoms with Crippen LogP contribution < -0.4 is 16.4 Å². The number of pyridine rings is 1. The van der Waals surface area contributed by atoms with E-state index >= 15 is 0 Å². The Hall–Kier alpha value is -1.69. The molecule has 0 saturated carbocycles. The normalized spacial score (nSPS) is 11.4. The number of guanidine groups is 1. The summed E-state index contributed by atoms with van der Waals surface area (Å²) in [5.41, 5.74) is 7.75. The van der Waals surface area contributed by atoms with Gasteiger partial charge in [0.15, 0.2) is 11.1 Å². The third-order valence-electron chi connectivity index (χ3n) is 2.17. The second-order valence-electron chi connectivity index (χ2n) is 4.18. The van der Waals surface area contributed by atoms with Gasteiger partial charge in [-0.05, 0) is 44.6 Å². The maximum Gasteiger partial charge on any atom is 0.195 e. The van der Waals surface area contributed by atoms with Crippen LogP contribution in [0.25, 0.3) is 0 Å². The van der Waals surface area contributed by atoms with Gasteiger partial charge in [0.2, 0.25) is 0 Å². The summed E-state index contributed by atoms with van der Waals surface area (Å²) in [6.45, 7) is 6.47. The van der Waals surface area contributed by atoms with Crippen molar-refractivity contribution in [3.8, 4) is 0 Å². The van der Waals surface area contributed by atoms with Gasteiger partial charge < -0.3 is 16.4 Å². The maximum absolute atomic E-state index is 5.67. The van der Waals surface area contributed by atoms with Crippen LogP contribution in [0, 0.1) is 6.92 Å². The van der Waals surface area contributed by atoms with E-state index in [1.165, 1.54) is 0 Å². The van der Waals surface area contributed by atoms with Crippen LogP contribution in [-0.2, 0) is 6.54 Å². The van der Waals surface area contributed by atoms with Crippen molar-refractivity contribution in [3.63, 3.8) is 0 Å². The monoisotopic (exact) mass is 265 g/mol. The predicted molar refractivity (Wildman–Crippen MR) is 78.3 cm³/mol. The molecule has 0 bridgehead atoms. The first-order valence-electron chi connectivity index (χ1n) is 5.77. The van der Waals surface area contributed by atoms with Gasteiger partial charge in [0.05, 0.1) is 12.2 Å². The smallest absolute Gasteiger partial charge is 0.195 e. The first-order chi connectivity index (χ1) is 8.49. The first-order valence-corrected chi connectivity index (χ1v) is 6.18. The number of nitrogens with zero attached hydrogens (tertiary/aromatic N) is 2. The molecule has 0 fully saturated rings. The summed E-state index contributed by atoms with van der Waals surface area (Å²) in [7, 11) is 0. The van der Waals surface area contributed by atoms with Crippen LogP contribution in [0.15, 0.2) is 23.3 Å². The molecule has 0 aromatic carbocycles. The molecule has 1 aromatic heterocycles. The molecule has 1 heterocycles. The lowest BCUT2D eigenvalue weighted by atomic mass is 10.2. The number of nitrogens with one attached hydrogen (secondary N) is 2. The summed E-state index contributed by atoms with van der Waals surface area (Å²) >= 11 is 5.11. The second kappa shape index (κ2) is 6.90. The lowest BCUT2D eigenvalue weighted by Crippen LogP contribution is -2.43. The number of hydrogen-bond acceptors (Lipinski definition) is 3. The standard InChI is InChI=1S/C12H19N5S/c1-8(2)16-11(13)17-12(18)15-7-10-9(3)5-4-6-14-10/h4-6,8H,7H2,1-3H3,(H4,13,15,16,17,18). The van der Waals surface area contributed by atoms with Crippen LogP contribution in [0.4, 0.5) is 0 Å². The average Bonchev–Trinajstić information content (AvgIpc) is 2.26. The van der Waals surface area contributed by atoms with E-state index < -0.39 is 0 Å². The number of rotatable bonds is 3. The van der Waals surface area contributed by atoms with Gasteiger partial charge in [-0.1, -0.05) is 6.07 Å². The highest BCUT2D eigenvalue weighted by atomic mass is 32.1. The summed E-state index contributed by atoms with van der Waals surface area (Å²) < 4.78 is 0. The van der Waals surface area contributed by atoms with Crippen molar-refractivity contribution in [1.82, 2.24) is 15.6 Å². The van der Waals surface area contributed by atoms with E-state index in [1.54, 1.807) is 6.20 Å². The van der Waals surface area contributed by atoms with E-state index in [0.717, 1.165) is 11.3 Å². The van der Waals surface area contributed by atoms with Gasteiger partial charge in [-0.15, -0.1) is 0 Å². The summed E-state index contributed by atoms with van der Waals surface area (Å²) in [5, 5.41) is 6.31. The highest BCUT2D eigenvalue weighted by Gasteiger charge is 2.02. The fourth-order valence-electron chi connectivity index (χ4n) is 1.34. The van der Waals surface area contributed by atoms with E-state index in [1.807, 2.05) is 32.9 Å². The van der Waals surface area contributed by atoms with Crippen LogP contribution in [0.1, 0.15) is 25.1 Å². The van der Waals surface area contributed by atoms with Crippen molar-refractivity contribution in [3.05, 3.63) is 29.6 Å². The van der Waals surface area contributed by atoms with Crippen LogP contribution in [-0.4, -0.2) is 22.1 Å². The number of aryl methyl sites for hydroxylation is 1. The summed E-state index contributed by atoms with van der Waals surface area (Å²) in [4.78, 5) is 8.40. The molecule has 0 amide bonds. The van der Waals surface area contributed by atoms with Crippen molar-refractivity contribution in [2.24, 2.45) is 10.7 Å². The second-order valence-corrected chi connectivity index (χ2v) is 4.59. The van der Waals surface area contributed by atoms with E-state index in [2.05, 4.69) is 20.6 Å². The molecule has 0 saturated heterocycles. The molecular formula is C12H19N5S. The molecule has 1 aromatic rings. The Labute approximate surface area is 113 Å². The zero-order valence-corrected chi connectivity index (χ0v) is 11.7. The fraction of sp³-hybridized carbons (Fsp3) is 0.417. The van der Waals surface area contributed by atoms with Crippen molar-refractivity contribution < 1.29 is 0 Å². The van der Waals surface area contributed by atoms with Crippen molar-refractivity contribution in [2.75, 3.05) is 0 Å². The predicted octanol–water partition coefficient (Wildman–Crippen LogP) is 1.08. The Morgan fingerprint density at radius 2 is 2.28 bits per heavy atom. The third-order valence-corrected chi connectivity index (χ3v) is 2.42. The van der Waals surface area contributed by atoms with E-state index in [9.17, 15) is 0 Å². The highest BCUT2D eigenvalue weighted by molar-refractivity contribution is 7.80. The third kappa shape index (κ3) is 5.09. The molecule has 0 aliphatic carbocycles. The molecule has 98 valence electrons. The van der Waals surface area contributed by atoms with Crippen LogP contribution in [0.3, 0.4) is 0 Å². The minimum absolute atomic E-state index is 0.137. The van der Waals surface area contributed by atoms with E-state index in [0.29, 0.717) is 17.6 Å². The summed E-state index contributed by atoms with van der Waals surface area (Å²) in [5.74, 6) is 0.320. The average molecular weight is 265 g/mol. The van der Waals surface area contributed by atoms with Crippen molar-refractivity contribution >= 4 is 23.3 Å². The van der Waals surface area contributed by atoms with E-state index in [-0.39, 0.29) is 6.04 Å². The Balaban J connectivity index is 2.45. The zero-order valence-electron chi connectivity index (χ0n) is 10.9. The van der Waals surface area contributed by atoms with Gasteiger partial charge in [-0.25, -0.2) is 0 Å². The first kappa shape index (κ1) is 14.4. The number of hydrogen-bond donors (Lipinski definition) is 3. The SMILES string of the molecule is Cc1cccnc1CNC(=S)NC(N)=NC(C)C. The minimum Gasteiger partial charge on any atom is -0.370 e. The molecule has 0 aliphatic heterocycles. The maximum atomic E-state index is 5.67. The van der Waals surface area contributed by atoms with Gasteiger partial charge in [0.1, 0.15) is 0 Å². The highest BCUT2D eigenvalue weighted by Crippen LogP contribution is 2.01. The van der Waals surface area contributed by atoms with E-state index in [4.69, 9.17) is 18.0 Å². The molecule has 4 N–H and O–H groups in total. The number of thiocarbonyl (C=S) groups is 1. The largest absolute Gasteiger partial charge is 0.370 e. The molecule has 18 heavy (non-hydrogen) atoms. The topological polar surface area (TPSA) is 75.3 Å². The van der Waals surface area contributed by atoms with Crippen LogP contribution >= 0.6 is 12.2 Å². The van der Waals surface area contributed by atoms with Crippen molar-refractivity contribution in [2.45, 2.75) is 33.4 Å². The van der Waals surface area contributed by atoms with Gasteiger partial charge in [0, 0.05) is 12.2 Å². The molecule has 0 radical (unpaired) electrons. The molecule has 1 rings (SSSR count). The molecule has 0 unspecified atom stereocenters. The molecule has 0 atom stereocenters. The van der Waals surface area contributed by atoms with Gasteiger partial charge >= 0.3 is 0 Å². The Bertz CT molecular complexity index is 442. The van der Waals surface area contributed by atoms with Crippen LogP contribution in [0.5, 0.6) is 0 Å². The van der Waals surface area contributed by atoms with Crippen LogP contribution in [0.2, 0.25) is 0 Å². The number of nitrogens with two attached hydrogens (primary N) is 1. The summed E-state index contributed by atoms with van der Waals surface area (Å²) in [6, 6.07) is 4.05. The van der Waals surface area contributed by atoms with Gasteiger partial charge in [-0.2, -0.15) is 0 Å². The quantitative estimate of drug-likeness (QED) is 0.433. The molecule has 6 heteroatoms. The number of aliphatic imine (C=N–C) groups is 1. The van der Waals surface area contributed by atoms with Crippen molar-refractivity contribution in [1.29, 1.82) is 0 Å². The lowest BCUT2D eigenvalue weighted by molar-refractivity contribution is 0.821. The lowest BCUT2D eigenvalue weighted by Gasteiger charge is -2.11. The molecule has 5 nitrogen and oxygen atoms in total. The Morgan fingerprint density at radius 3 is 2.89 bits per heavy atom. The molecular weight excluding hydrogens is 246 g/mol. The molecule has 0 aliphatic rings. The fourth-order valence-corrected chi connectivity index (χ4v) is 1.52. The Morgan fingerprint density at radius 1 is 1.56 bits per heavy atom. The van der Waals surface area contributed by atoms with Gasteiger partial charge in [-0.3, -0.25) is 9.98 Å².